The molecule has 0 rings (SSSR count). The minimum Gasteiger partial charge on any atom is -0.466 e. The summed E-state index contributed by atoms with van der Waals surface area (Å²) in [4.78, 5) is 33.6. The summed E-state index contributed by atoms with van der Waals surface area (Å²) in [5, 5.41) is 5.74. The zero-order valence-corrected chi connectivity index (χ0v) is 12.9. The van der Waals surface area contributed by atoms with Crippen molar-refractivity contribution >= 4 is 17.8 Å². The number of esters is 1. The summed E-state index contributed by atoms with van der Waals surface area (Å²) in [7, 11) is 0. The van der Waals surface area contributed by atoms with E-state index in [4.69, 9.17) is 10.5 Å². The first-order chi connectivity index (χ1) is 10.0. The van der Waals surface area contributed by atoms with Gasteiger partial charge in [0.1, 0.15) is 0 Å². The van der Waals surface area contributed by atoms with Gasteiger partial charge in [-0.05, 0) is 32.7 Å². The minimum atomic E-state index is -0.374. The summed E-state index contributed by atoms with van der Waals surface area (Å²) in [6, 6.07) is -0.336. The van der Waals surface area contributed by atoms with Gasteiger partial charge in [0.15, 0.2) is 0 Å². The number of carbonyl (C=O) groups excluding carboxylic acids is 3. The highest BCUT2D eigenvalue weighted by molar-refractivity contribution is 5.79. The summed E-state index contributed by atoms with van der Waals surface area (Å²) in [5.41, 5.74) is 5.20. The molecule has 0 saturated heterocycles. The quantitative estimate of drug-likeness (QED) is 0.349. The molecule has 0 radical (unpaired) electrons. The molecule has 0 aromatic heterocycles. The number of nitrogens with two attached hydrogens (primary N) is 1. The van der Waals surface area contributed by atoms with E-state index in [2.05, 4.69) is 10.6 Å². The number of ether oxygens (including phenoxy) is 1. The van der Waals surface area contributed by atoms with Gasteiger partial charge in [0, 0.05) is 19.4 Å². The van der Waals surface area contributed by atoms with Crippen LogP contribution in [0.25, 0.3) is 0 Å². The second kappa shape index (κ2) is 12.1. The van der Waals surface area contributed by atoms with E-state index in [9.17, 15) is 14.4 Å². The van der Waals surface area contributed by atoms with Crippen LogP contribution in [0.5, 0.6) is 0 Å². The normalized spacial score (nSPS) is 11.7. The van der Waals surface area contributed by atoms with Crippen molar-refractivity contribution in [1.29, 1.82) is 0 Å². The molecule has 0 fully saturated rings. The predicted octanol–water partition coefficient (Wildman–Crippen LogP) is 0.0796. The molecule has 0 aliphatic heterocycles. The number of nitrogens with one attached hydrogen (secondary N) is 2. The maximum absolute atomic E-state index is 11.5. The molecule has 1 atom stereocenters. The predicted molar refractivity (Wildman–Crippen MR) is 79.4 cm³/mol. The van der Waals surface area contributed by atoms with Crippen LogP contribution in [-0.4, -0.2) is 43.5 Å². The molecular weight excluding hydrogens is 274 g/mol. The van der Waals surface area contributed by atoms with E-state index < -0.39 is 0 Å². The van der Waals surface area contributed by atoms with Gasteiger partial charge >= 0.3 is 5.97 Å². The van der Waals surface area contributed by atoms with Crippen LogP contribution in [0.15, 0.2) is 0 Å². The zero-order chi connectivity index (χ0) is 16.1. The number of primary amides is 1. The third kappa shape index (κ3) is 10.8. The summed E-state index contributed by atoms with van der Waals surface area (Å²) in [6.45, 7) is 5.04. The number of hydrogen-bond acceptors (Lipinski definition) is 5. The van der Waals surface area contributed by atoms with Crippen molar-refractivity contribution in [3.8, 4) is 0 Å². The van der Waals surface area contributed by atoms with Gasteiger partial charge in [-0.25, -0.2) is 0 Å². The average molecular weight is 301 g/mol. The first-order valence-electron chi connectivity index (χ1n) is 7.46. The highest BCUT2D eigenvalue weighted by Crippen LogP contribution is 1.94. The topological polar surface area (TPSA) is 111 Å². The molecule has 0 aromatic rings. The summed E-state index contributed by atoms with van der Waals surface area (Å²) in [5.74, 6) is -0.679. The molecule has 7 nitrogen and oxygen atoms in total. The Morgan fingerprint density at radius 3 is 2.33 bits per heavy atom. The third-order valence-corrected chi connectivity index (χ3v) is 2.91. The number of carbonyl (C=O) groups is 3. The van der Waals surface area contributed by atoms with Crippen molar-refractivity contribution < 1.29 is 19.1 Å². The number of rotatable bonds is 12. The van der Waals surface area contributed by atoms with E-state index in [1.54, 1.807) is 6.92 Å². The third-order valence-electron chi connectivity index (χ3n) is 2.91. The highest BCUT2D eigenvalue weighted by Gasteiger charge is 2.11. The molecule has 0 heterocycles. The van der Waals surface area contributed by atoms with Crippen molar-refractivity contribution in [2.45, 2.75) is 52.0 Å². The van der Waals surface area contributed by atoms with E-state index in [-0.39, 0.29) is 23.8 Å². The van der Waals surface area contributed by atoms with Crippen LogP contribution in [-0.2, 0) is 19.1 Å². The molecule has 0 aromatic carbocycles. The fraction of sp³-hybridized carbons (Fsp3) is 0.786. The van der Waals surface area contributed by atoms with Crippen LogP contribution < -0.4 is 16.4 Å². The molecule has 122 valence electrons. The van der Waals surface area contributed by atoms with E-state index in [0.717, 1.165) is 0 Å². The van der Waals surface area contributed by atoms with Crippen molar-refractivity contribution in [2.75, 3.05) is 19.7 Å². The zero-order valence-electron chi connectivity index (χ0n) is 12.9. The van der Waals surface area contributed by atoms with Crippen molar-refractivity contribution in [3.63, 3.8) is 0 Å². The Bertz CT molecular complexity index is 334. The maximum Gasteiger partial charge on any atom is 0.305 e. The van der Waals surface area contributed by atoms with E-state index in [1.807, 2.05) is 6.92 Å². The van der Waals surface area contributed by atoms with Crippen LogP contribution in [0.3, 0.4) is 0 Å². The highest BCUT2D eigenvalue weighted by atomic mass is 16.5. The summed E-state index contributed by atoms with van der Waals surface area (Å²) < 4.78 is 4.78. The smallest absolute Gasteiger partial charge is 0.305 e. The lowest BCUT2D eigenvalue weighted by Gasteiger charge is -2.12. The molecule has 4 N–H and O–H groups in total. The molecule has 0 aliphatic rings. The van der Waals surface area contributed by atoms with Crippen LogP contribution in [0.2, 0.25) is 0 Å². The fourth-order valence-electron chi connectivity index (χ4n) is 1.75. The Morgan fingerprint density at radius 1 is 1.10 bits per heavy atom. The lowest BCUT2D eigenvalue weighted by atomic mass is 10.2. The van der Waals surface area contributed by atoms with Crippen molar-refractivity contribution in [3.05, 3.63) is 0 Å². The fourth-order valence-corrected chi connectivity index (χ4v) is 1.75. The lowest BCUT2D eigenvalue weighted by molar-refractivity contribution is -0.143. The molecule has 0 bridgehead atoms. The van der Waals surface area contributed by atoms with Crippen LogP contribution in [0, 0.1) is 0 Å². The van der Waals surface area contributed by atoms with E-state index >= 15 is 0 Å². The molecule has 7 heteroatoms. The second-order valence-electron chi connectivity index (χ2n) is 4.68. The SMILES string of the molecule is CCOC(=O)CCCNC(=O)CCCNC(CC)C(N)=O. The second-order valence-corrected chi connectivity index (χ2v) is 4.68. The Balaban J connectivity index is 3.54. The van der Waals surface area contributed by atoms with Crippen molar-refractivity contribution in [1.82, 2.24) is 10.6 Å². The summed E-state index contributed by atoms with van der Waals surface area (Å²) in [6.07, 6.45) is 2.53. The Labute approximate surface area is 126 Å². The summed E-state index contributed by atoms with van der Waals surface area (Å²) >= 11 is 0. The van der Waals surface area contributed by atoms with Gasteiger partial charge < -0.3 is 21.1 Å². The maximum atomic E-state index is 11.5. The van der Waals surface area contributed by atoms with Crippen LogP contribution in [0.4, 0.5) is 0 Å². The largest absolute Gasteiger partial charge is 0.466 e. The van der Waals surface area contributed by atoms with Crippen LogP contribution >= 0.6 is 0 Å². The minimum absolute atomic E-state index is 0.0622. The lowest BCUT2D eigenvalue weighted by Crippen LogP contribution is -2.41. The number of hydrogen-bond donors (Lipinski definition) is 3. The molecule has 2 amide bonds. The Kier molecular flexibility index (Phi) is 11.2. The molecule has 0 saturated carbocycles. The van der Waals surface area contributed by atoms with Gasteiger partial charge in [-0.3, -0.25) is 14.4 Å². The molecule has 21 heavy (non-hydrogen) atoms. The molecule has 0 spiro atoms. The van der Waals surface area contributed by atoms with Gasteiger partial charge in [0.2, 0.25) is 11.8 Å². The monoisotopic (exact) mass is 301 g/mol. The standard InChI is InChI=1S/C14H27N3O4/c1-3-11(14(15)20)16-9-5-7-12(18)17-10-6-8-13(19)21-4-2/h11,16H,3-10H2,1-2H3,(H2,15,20)(H,17,18). The molecular formula is C14H27N3O4. The van der Waals surface area contributed by atoms with Gasteiger partial charge in [-0.2, -0.15) is 0 Å². The number of amides is 2. The van der Waals surface area contributed by atoms with E-state index in [1.165, 1.54) is 0 Å². The van der Waals surface area contributed by atoms with E-state index in [0.29, 0.717) is 51.8 Å². The van der Waals surface area contributed by atoms with Gasteiger partial charge in [-0.1, -0.05) is 6.92 Å². The average Bonchev–Trinajstić information content (AvgIpc) is 2.43. The van der Waals surface area contributed by atoms with Gasteiger partial charge in [0.05, 0.1) is 12.6 Å². The Hall–Kier alpha value is -1.63. The van der Waals surface area contributed by atoms with Gasteiger partial charge in [-0.15, -0.1) is 0 Å². The van der Waals surface area contributed by atoms with Crippen molar-refractivity contribution in [2.24, 2.45) is 5.73 Å². The first kappa shape index (κ1) is 19.4. The molecule has 0 aliphatic carbocycles. The Morgan fingerprint density at radius 2 is 1.76 bits per heavy atom. The van der Waals surface area contributed by atoms with Gasteiger partial charge in [0.25, 0.3) is 0 Å². The first-order valence-corrected chi connectivity index (χ1v) is 7.46. The molecule has 1 unspecified atom stereocenters. The van der Waals surface area contributed by atoms with Crippen LogP contribution in [0.1, 0.15) is 46.0 Å².